The molecule has 0 radical (unpaired) electrons. The molecule has 104 valence electrons. The second-order valence-corrected chi connectivity index (χ2v) is 4.49. The van der Waals surface area contributed by atoms with E-state index in [1.165, 1.54) is 30.3 Å². The number of hydrogen-bond acceptors (Lipinski definition) is 2. The summed E-state index contributed by atoms with van der Waals surface area (Å²) in [6.07, 6.45) is 1.54. The first kappa shape index (κ1) is 14.5. The number of hydrogen-bond donors (Lipinski definition) is 1. The molecule has 0 aliphatic heterocycles. The second-order valence-electron chi connectivity index (χ2n) is 4.49. The number of benzene rings is 2. The lowest BCUT2D eigenvalue weighted by molar-refractivity contribution is -0.112. The molecule has 0 atom stereocenters. The van der Waals surface area contributed by atoms with Crippen molar-refractivity contribution >= 4 is 17.7 Å². The Hall–Kier alpha value is -2.93. The summed E-state index contributed by atoms with van der Waals surface area (Å²) < 4.78 is 12.8. The van der Waals surface area contributed by atoms with Gasteiger partial charge >= 0.3 is 0 Å². The van der Waals surface area contributed by atoms with Crippen molar-refractivity contribution in [2.45, 2.75) is 6.92 Å². The van der Waals surface area contributed by atoms with Crippen LogP contribution in [-0.4, -0.2) is 5.91 Å². The summed E-state index contributed by atoms with van der Waals surface area (Å²) >= 11 is 0. The van der Waals surface area contributed by atoms with Crippen molar-refractivity contribution in [1.82, 2.24) is 0 Å². The number of rotatable bonds is 3. The van der Waals surface area contributed by atoms with Gasteiger partial charge in [0, 0.05) is 5.69 Å². The predicted molar refractivity (Wildman–Crippen MR) is 79.8 cm³/mol. The van der Waals surface area contributed by atoms with Crippen molar-refractivity contribution < 1.29 is 9.18 Å². The van der Waals surface area contributed by atoms with Crippen LogP contribution in [0.2, 0.25) is 0 Å². The van der Waals surface area contributed by atoms with Crippen LogP contribution in [0.15, 0.2) is 54.1 Å². The standard InChI is InChI=1S/C17H13FN2O/c1-12-4-2-3-5-13(12)10-14(11-19)17(21)20-16-8-6-15(18)7-9-16/h2-10H,1H3,(H,20,21)/b14-10+. The maximum Gasteiger partial charge on any atom is 0.266 e. The summed E-state index contributed by atoms with van der Waals surface area (Å²) in [5.41, 5.74) is 2.21. The van der Waals surface area contributed by atoms with Gasteiger partial charge in [0.1, 0.15) is 17.5 Å². The van der Waals surface area contributed by atoms with Crippen LogP contribution in [0.5, 0.6) is 0 Å². The van der Waals surface area contributed by atoms with Crippen LogP contribution < -0.4 is 5.32 Å². The maximum absolute atomic E-state index is 12.8. The van der Waals surface area contributed by atoms with Crippen LogP contribution in [0, 0.1) is 24.1 Å². The average molecular weight is 280 g/mol. The lowest BCUT2D eigenvalue weighted by atomic mass is 10.1. The highest BCUT2D eigenvalue weighted by Crippen LogP contribution is 2.14. The van der Waals surface area contributed by atoms with Crippen molar-refractivity contribution in [2.75, 3.05) is 5.32 Å². The molecule has 2 aromatic carbocycles. The van der Waals surface area contributed by atoms with E-state index in [9.17, 15) is 9.18 Å². The monoisotopic (exact) mass is 280 g/mol. The third-order valence-corrected chi connectivity index (χ3v) is 2.96. The number of carbonyl (C=O) groups excluding carboxylic acids is 1. The summed E-state index contributed by atoms with van der Waals surface area (Å²) in [4.78, 5) is 12.0. The molecule has 1 amide bonds. The van der Waals surface area contributed by atoms with Crippen molar-refractivity contribution in [2.24, 2.45) is 0 Å². The van der Waals surface area contributed by atoms with E-state index in [0.29, 0.717) is 5.69 Å². The molecule has 0 saturated carbocycles. The van der Waals surface area contributed by atoms with Gasteiger partial charge in [-0.15, -0.1) is 0 Å². The SMILES string of the molecule is Cc1ccccc1/C=C(\C#N)C(=O)Nc1ccc(F)cc1. The zero-order valence-electron chi connectivity index (χ0n) is 11.4. The Labute approximate surface area is 122 Å². The molecular weight excluding hydrogens is 267 g/mol. The third-order valence-electron chi connectivity index (χ3n) is 2.96. The van der Waals surface area contributed by atoms with Crippen LogP contribution in [0.3, 0.4) is 0 Å². The van der Waals surface area contributed by atoms with Gasteiger partial charge in [0.05, 0.1) is 0 Å². The van der Waals surface area contributed by atoms with E-state index in [2.05, 4.69) is 5.32 Å². The van der Waals surface area contributed by atoms with Gasteiger partial charge in [-0.2, -0.15) is 5.26 Å². The smallest absolute Gasteiger partial charge is 0.266 e. The normalized spacial score (nSPS) is 10.8. The Morgan fingerprint density at radius 1 is 1.19 bits per heavy atom. The maximum atomic E-state index is 12.8. The molecule has 2 rings (SSSR count). The van der Waals surface area contributed by atoms with Gasteiger partial charge in [0.2, 0.25) is 0 Å². The van der Waals surface area contributed by atoms with Gasteiger partial charge in [-0.3, -0.25) is 4.79 Å². The molecule has 3 nitrogen and oxygen atoms in total. The number of amides is 1. The Kier molecular flexibility index (Phi) is 4.47. The predicted octanol–water partition coefficient (Wildman–Crippen LogP) is 3.68. The number of nitrogens with zero attached hydrogens (tertiary/aromatic N) is 1. The topological polar surface area (TPSA) is 52.9 Å². The minimum atomic E-state index is -0.521. The van der Waals surface area contributed by atoms with Gasteiger partial charge in [-0.25, -0.2) is 4.39 Å². The van der Waals surface area contributed by atoms with E-state index < -0.39 is 5.91 Å². The molecule has 4 heteroatoms. The number of anilines is 1. The summed E-state index contributed by atoms with van der Waals surface area (Å²) in [7, 11) is 0. The van der Waals surface area contributed by atoms with Crippen LogP contribution in [0.4, 0.5) is 10.1 Å². The molecule has 0 fully saturated rings. The van der Waals surface area contributed by atoms with Crippen LogP contribution in [-0.2, 0) is 4.79 Å². The number of nitriles is 1. The van der Waals surface area contributed by atoms with Crippen molar-refractivity contribution in [3.8, 4) is 6.07 Å². The largest absolute Gasteiger partial charge is 0.321 e. The van der Waals surface area contributed by atoms with Gasteiger partial charge < -0.3 is 5.32 Å². The molecule has 0 heterocycles. The Morgan fingerprint density at radius 2 is 1.86 bits per heavy atom. The molecule has 21 heavy (non-hydrogen) atoms. The fraction of sp³-hybridized carbons (Fsp3) is 0.0588. The quantitative estimate of drug-likeness (QED) is 0.688. The highest BCUT2D eigenvalue weighted by molar-refractivity contribution is 6.09. The minimum absolute atomic E-state index is 0.00590. The van der Waals surface area contributed by atoms with E-state index in [4.69, 9.17) is 5.26 Å². The molecular formula is C17H13FN2O. The van der Waals surface area contributed by atoms with Gasteiger partial charge in [0.15, 0.2) is 0 Å². The van der Waals surface area contributed by atoms with E-state index in [-0.39, 0.29) is 11.4 Å². The van der Waals surface area contributed by atoms with Crippen LogP contribution in [0.1, 0.15) is 11.1 Å². The summed E-state index contributed by atoms with van der Waals surface area (Å²) in [5, 5.41) is 11.7. The fourth-order valence-corrected chi connectivity index (χ4v) is 1.78. The first-order valence-electron chi connectivity index (χ1n) is 6.34. The Morgan fingerprint density at radius 3 is 2.48 bits per heavy atom. The number of nitrogens with one attached hydrogen (secondary N) is 1. The molecule has 2 aromatic rings. The van der Waals surface area contributed by atoms with Crippen LogP contribution >= 0.6 is 0 Å². The summed E-state index contributed by atoms with van der Waals surface area (Å²) in [5.74, 6) is -0.906. The first-order chi connectivity index (χ1) is 10.1. The average Bonchev–Trinajstić information content (AvgIpc) is 2.48. The van der Waals surface area contributed by atoms with Crippen molar-refractivity contribution in [3.05, 3.63) is 71.0 Å². The molecule has 0 aliphatic rings. The third kappa shape index (κ3) is 3.77. The lowest BCUT2D eigenvalue weighted by Crippen LogP contribution is -2.13. The molecule has 0 bridgehead atoms. The van der Waals surface area contributed by atoms with Crippen LogP contribution in [0.25, 0.3) is 6.08 Å². The number of carbonyl (C=O) groups is 1. The van der Waals surface area contributed by atoms with Gasteiger partial charge in [0.25, 0.3) is 5.91 Å². The van der Waals surface area contributed by atoms with E-state index >= 15 is 0 Å². The molecule has 0 spiro atoms. The fourth-order valence-electron chi connectivity index (χ4n) is 1.78. The van der Waals surface area contributed by atoms with Crippen molar-refractivity contribution in [3.63, 3.8) is 0 Å². The molecule has 1 N–H and O–H groups in total. The number of aryl methyl sites for hydroxylation is 1. The Bertz CT molecular complexity index is 727. The minimum Gasteiger partial charge on any atom is -0.321 e. The van der Waals surface area contributed by atoms with Crippen molar-refractivity contribution in [1.29, 1.82) is 5.26 Å². The Balaban J connectivity index is 2.22. The van der Waals surface area contributed by atoms with Gasteiger partial charge in [-0.1, -0.05) is 24.3 Å². The summed E-state index contributed by atoms with van der Waals surface area (Å²) in [6, 6.07) is 14.7. The molecule has 0 saturated heterocycles. The van der Waals surface area contributed by atoms with E-state index in [1.54, 1.807) is 0 Å². The highest BCUT2D eigenvalue weighted by atomic mass is 19.1. The number of halogens is 1. The van der Waals surface area contributed by atoms with E-state index in [0.717, 1.165) is 11.1 Å². The summed E-state index contributed by atoms with van der Waals surface area (Å²) in [6.45, 7) is 1.90. The second kappa shape index (κ2) is 6.49. The van der Waals surface area contributed by atoms with Gasteiger partial charge in [-0.05, 0) is 48.4 Å². The first-order valence-corrected chi connectivity index (χ1v) is 6.34. The van der Waals surface area contributed by atoms with E-state index in [1.807, 2.05) is 37.3 Å². The zero-order valence-corrected chi connectivity index (χ0v) is 11.4. The zero-order chi connectivity index (χ0) is 15.2. The molecule has 0 aromatic heterocycles. The molecule has 0 unspecified atom stereocenters. The molecule has 0 aliphatic carbocycles. The highest BCUT2D eigenvalue weighted by Gasteiger charge is 2.10. The lowest BCUT2D eigenvalue weighted by Gasteiger charge is -2.05.